The molecule has 0 spiro atoms. The monoisotopic (exact) mass is 439 g/mol. The Labute approximate surface area is 184 Å². The number of nitrogens with two attached hydrogens (primary N) is 1. The van der Waals surface area contributed by atoms with E-state index in [1.165, 1.54) is 5.56 Å². The van der Waals surface area contributed by atoms with Crippen molar-refractivity contribution in [3.8, 4) is 0 Å². The zero-order chi connectivity index (χ0) is 21.8. The molecule has 2 heterocycles. The third-order valence-corrected chi connectivity index (χ3v) is 5.31. The van der Waals surface area contributed by atoms with E-state index in [1.54, 1.807) is 24.3 Å². The van der Waals surface area contributed by atoms with E-state index in [4.69, 9.17) is 17.3 Å². The van der Waals surface area contributed by atoms with Crippen LogP contribution >= 0.6 is 11.6 Å². The van der Waals surface area contributed by atoms with E-state index in [1.807, 2.05) is 23.1 Å². The molecule has 3 N–H and O–H groups in total. The van der Waals surface area contributed by atoms with Crippen molar-refractivity contribution in [2.24, 2.45) is 0 Å². The molecule has 1 aliphatic heterocycles. The van der Waals surface area contributed by atoms with Crippen LogP contribution in [-0.2, 0) is 6.54 Å². The van der Waals surface area contributed by atoms with Crippen LogP contribution in [0.15, 0.2) is 54.6 Å². The lowest BCUT2D eigenvalue weighted by atomic mass is 10.2. The molecule has 10 heteroatoms. The lowest BCUT2D eigenvalue weighted by Crippen LogP contribution is -2.46. The Bertz CT molecular complexity index is 1070. The molecule has 0 atom stereocenters. The fourth-order valence-electron chi connectivity index (χ4n) is 3.57. The molecule has 9 nitrogen and oxygen atoms in total. The van der Waals surface area contributed by atoms with Crippen LogP contribution in [0.4, 0.5) is 29.0 Å². The molecular formula is C21H22ClN7O2. The highest BCUT2D eigenvalue weighted by atomic mass is 35.5. The van der Waals surface area contributed by atoms with Crippen LogP contribution in [0.25, 0.3) is 0 Å². The van der Waals surface area contributed by atoms with Gasteiger partial charge in [-0.1, -0.05) is 48.0 Å². The summed E-state index contributed by atoms with van der Waals surface area (Å²) in [6.07, 6.45) is 0. The van der Waals surface area contributed by atoms with Gasteiger partial charge in [0.25, 0.3) is 0 Å². The summed E-state index contributed by atoms with van der Waals surface area (Å²) in [5, 5.41) is 15.3. The first-order valence-corrected chi connectivity index (χ1v) is 10.2. The summed E-state index contributed by atoms with van der Waals surface area (Å²) in [5.74, 6) is 0.236. The zero-order valence-corrected chi connectivity index (χ0v) is 17.5. The van der Waals surface area contributed by atoms with Gasteiger partial charge in [0.2, 0.25) is 17.6 Å². The van der Waals surface area contributed by atoms with Crippen LogP contribution in [0.3, 0.4) is 0 Å². The molecule has 0 bridgehead atoms. The number of aromatic nitrogens is 2. The number of nitrogens with one attached hydrogen (secondary N) is 1. The fourth-order valence-corrected chi connectivity index (χ4v) is 3.76. The molecule has 1 aliphatic rings. The molecule has 2 aromatic carbocycles. The van der Waals surface area contributed by atoms with Crippen molar-refractivity contribution in [2.75, 3.05) is 42.1 Å². The predicted molar refractivity (Wildman–Crippen MR) is 122 cm³/mol. The topological polar surface area (TPSA) is 113 Å². The number of hydrogen-bond donors (Lipinski definition) is 2. The number of nitrogens with zero attached hydrogens (tertiary/aromatic N) is 5. The van der Waals surface area contributed by atoms with Gasteiger partial charge in [0.05, 0.1) is 4.92 Å². The summed E-state index contributed by atoms with van der Waals surface area (Å²) < 4.78 is 0. The molecule has 4 rings (SSSR count). The first-order chi connectivity index (χ1) is 15.0. The summed E-state index contributed by atoms with van der Waals surface area (Å²) in [6.45, 7) is 3.55. The standard InChI is InChI=1S/C21H22ClN7O2/c22-16-7-4-8-17(13-16)24-21-25-19(23)18(29(30)31)20(26-21)28-11-9-27(10-12-28)14-15-5-2-1-3-6-15/h1-8,13H,9-12,14H2,(H3,23,24,25,26). The van der Waals surface area contributed by atoms with Gasteiger partial charge in [-0.2, -0.15) is 9.97 Å². The Morgan fingerprint density at radius 3 is 2.48 bits per heavy atom. The molecule has 0 radical (unpaired) electrons. The van der Waals surface area contributed by atoms with Gasteiger partial charge in [-0.3, -0.25) is 15.0 Å². The molecule has 0 amide bonds. The maximum absolute atomic E-state index is 11.7. The third-order valence-electron chi connectivity index (χ3n) is 5.08. The Hall–Kier alpha value is -3.43. The Morgan fingerprint density at radius 2 is 1.81 bits per heavy atom. The summed E-state index contributed by atoms with van der Waals surface area (Å²) >= 11 is 6.03. The predicted octanol–water partition coefficient (Wildman–Crippen LogP) is 3.69. The minimum Gasteiger partial charge on any atom is -0.378 e. The van der Waals surface area contributed by atoms with E-state index in [2.05, 4.69) is 32.3 Å². The fraction of sp³-hybridized carbons (Fsp3) is 0.238. The van der Waals surface area contributed by atoms with Gasteiger partial charge in [-0.25, -0.2) is 0 Å². The zero-order valence-electron chi connectivity index (χ0n) is 16.7. The molecule has 160 valence electrons. The van der Waals surface area contributed by atoms with Gasteiger partial charge < -0.3 is 16.0 Å². The van der Waals surface area contributed by atoms with Gasteiger partial charge in [0.1, 0.15) is 0 Å². The Kier molecular flexibility index (Phi) is 6.15. The Balaban J connectivity index is 1.53. The van der Waals surface area contributed by atoms with E-state index in [9.17, 15) is 10.1 Å². The van der Waals surface area contributed by atoms with E-state index in [-0.39, 0.29) is 23.3 Å². The lowest BCUT2D eigenvalue weighted by molar-refractivity contribution is -0.383. The lowest BCUT2D eigenvalue weighted by Gasteiger charge is -2.35. The SMILES string of the molecule is Nc1nc(Nc2cccc(Cl)c2)nc(N2CCN(Cc3ccccc3)CC2)c1[N+](=O)[O-]. The third kappa shape index (κ3) is 5.01. The second-order valence-electron chi connectivity index (χ2n) is 7.25. The van der Waals surface area contributed by atoms with Crippen molar-refractivity contribution in [3.05, 3.63) is 75.3 Å². The summed E-state index contributed by atoms with van der Waals surface area (Å²) in [5.41, 5.74) is 7.58. The van der Waals surface area contributed by atoms with Crippen molar-refractivity contribution >= 4 is 40.6 Å². The number of piperazine rings is 1. The van der Waals surface area contributed by atoms with Crippen molar-refractivity contribution < 1.29 is 4.92 Å². The van der Waals surface area contributed by atoms with Gasteiger partial charge >= 0.3 is 5.69 Å². The van der Waals surface area contributed by atoms with Crippen LogP contribution in [0.5, 0.6) is 0 Å². The highest BCUT2D eigenvalue weighted by Gasteiger charge is 2.29. The first-order valence-electron chi connectivity index (χ1n) is 9.85. The van der Waals surface area contributed by atoms with E-state index < -0.39 is 4.92 Å². The van der Waals surface area contributed by atoms with Gasteiger partial charge in [0, 0.05) is 43.4 Å². The maximum Gasteiger partial charge on any atom is 0.353 e. The quantitative estimate of drug-likeness (QED) is 0.441. The highest BCUT2D eigenvalue weighted by Crippen LogP contribution is 2.33. The van der Waals surface area contributed by atoms with Crippen LogP contribution in [-0.4, -0.2) is 46.0 Å². The largest absolute Gasteiger partial charge is 0.378 e. The number of benzene rings is 2. The number of nitro groups is 1. The molecule has 0 aliphatic carbocycles. The van der Waals surface area contributed by atoms with E-state index >= 15 is 0 Å². The number of nitrogen functional groups attached to an aromatic ring is 1. The van der Waals surface area contributed by atoms with Crippen LogP contribution in [0.1, 0.15) is 5.56 Å². The van der Waals surface area contributed by atoms with Gasteiger partial charge in [0.15, 0.2) is 0 Å². The minimum absolute atomic E-state index is 0.175. The van der Waals surface area contributed by atoms with Crippen LogP contribution in [0, 0.1) is 10.1 Å². The summed E-state index contributed by atoms with van der Waals surface area (Å²) in [7, 11) is 0. The number of halogens is 1. The maximum atomic E-state index is 11.7. The number of anilines is 4. The molecule has 31 heavy (non-hydrogen) atoms. The minimum atomic E-state index is -0.524. The molecule has 1 fully saturated rings. The van der Waals surface area contributed by atoms with Crippen molar-refractivity contribution in [1.82, 2.24) is 14.9 Å². The number of hydrogen-bond acceptors (Lipinski definition) is 8. The van der Waals surface area contributed by atoms with Gasteiger partial charge in [-0.15, -0.1) is 0 Å². The first kappa shape index (κ1) is 20.8. The highest BCUT2D eigenvalue weighted by molar-refractivity contribution is 6.30. The summed E-state index contributed by atoms with van der Waals surface area (Å²) in [6, 6.07) is 17.3. The second-order valence-corrected chi connectivity index (χ2v) is 7.68. The van der Waals surface area contributed by atoms with Crippen LogP contribution < -0.4 is 16.0 Å². The molecule has 3 aromatic rings. The summed E-state index contributed by atoms with van der Waals surface area (Å²) in [4.78, 5) is 23.9. The average molecular weight is 440 g/mol. The van der Waals surface area contributed by atoms with Crippen LogP contribution in [0.2, 0.25) is 5.02 Å². The van der Waals surface area contributed by atoms with Gasteiger partial charge in [-0.05, 0) is 23.8 Å². The molecular weight excluding hydrogens is 418 g/mol. The average Bonchev–Trinajstić information content (AvgIpc) is 2.74. The molecule has 1 saturated heterocycles. The molecule has 0 unspecified atom stereocenters. The van der Waals surface area contributed by atoms with E-state index in [0.717, 1.165) is 19.6 Å². The molecule has 1 aromatic heterocycles. The smallest absolute Gasteiger partial charge is 0.353 e. The Morgan fingerprint density at radius 1 is 1.06 bits per heavy atom. The van der Waals surface area contributed by atoms with Crippen molar-refractivity contribution in [1.29, 1.82) is 0 Å². The van der Waals surface area contributed by atoms with Crippen molar-refractivity contribution in [2.45, 2.75) is 6.54 Å². The second kappa shape index (κ2) is 9.15. The van der Waals surface area contributed by atoms with Crippen molar-refractivity contribution in [3.63, 3.8) is 0 Å². The molecule has 0 saturated carbocycles. The normalized spacial score (nSPS) is 14.4. The van der Waals surface area contributed by atoms with E-state index in [0.29, 0.717) is 23.8 Å². The number of rotatable bonds is 6.